The number of hydrogen-bond acceptors (Lipinski definition) is 3. The number of para-hydroxylation sites is 1. The highest BCUT2D eigenvalue weighted by molar-refractivity contribution is 5.99. The minimum atomic E-state index is -0.167. The highest BCUT2D eigenvalue weighted by atomic mass is 16.5. The molecule has 3 rings (SSSR count). The molecule has 1 aliphatic heterocycles. The third-order valence-corrected chi connectivity index (χ3v) is 3.75. The third kappa shape index (κ3) is 2.90. The fraction of sp³-hybridized carbons (Fsp3) is 0.235. The Balaban J connectivity index is 1.69. The molecular formula is C17H18N2O2. The van der Waals surface area contributed by atoms with Crippen molar-refractivity contribution in [2.24, 2.45) is 0 Å². The smallest absolute Gasteiger partial charge is 0.253 e. The highest BCUT2D eigenvalue weighted by Crippen LogP contribution is 2.26. The lowest BCUT2D eigenvalue weighted by atomic mass is 9.97. The maximum absolute atomic E-state index is 12.2. The van der Waals surface area contributed by atoms with E-state index in [2.05, 4.69) is 17.4 Å². The first-order valence-corrected chi connectivity index (χ1v) is 7.08. The van der Waals surface area contributed by atoms with Crippen molar-refractivity contribution in [3.05, 3.63) is 65.2 Å². The molecule has 1 atom stereocenters. The second-order valence-corrected chi connectivity index (χ2v) is 5.11. The topological polar surface area (TPSA) is 64.4 Å². The van der Waals surface area contributed by atoms with Crippen molar-refractivity contribution in [1.82, 2.24) is 5.32 Å². The number of nitrogen functional groups attached to an aromatic ring is 1. The van der Waals surface area contributed by atoms with Crippen LogP contribution in [0.4, 0.5) is 5.69 Å². The van der Waals surface area contributed by atoms with Crippen LogP contribution in [0, 0.1) is 0 Å². The Morgan fingerprint density at radius 1 is 1.19 bits per heavy atom. The molecule has 1 heterocycles. The maximum Gasteiger partial charge on any atom is 0.253 e. The quantitative estimate of drug-likeness (QED) is 0.849. The first-order valence-electron chi connectivity index (χ1n) is 7.08. The van der Waals surface area contributed by atoms with Crippen LogP contribution in [0.2, 0.25) is 0 Å². The van der Waals surface area contributed by atoms with Crippen LogP contribution in [-0.4, -0.2) is 19.1 Å². The van der Waals surface area contributed by atoms with Gasteiger partial charge in [-0.2, -0.15) is 0 Å². The van der Waals surface area contributed by atoms with E-state index in [0.29, 0.717) is 24.4 Å². The SMILES string of the molecule is Nc1ccccc1C(=O)NC[C@@H]1OCCc2ccccc21. The minimum Gasteiger partial charge on any atom is -0.398 e. The molecule has 1 aliphatic rings. The number of fused-ring (bicyclic) bond motifs is 1. The predicted octanol–water partition coefficient (Wildman–Crippen LogP) is 2.31. The number of rotatable bonds is 3. The Morgan fingerprint density at radius 2 is 1.95 bits per heavy atom. The molecule has 0 spiro atoms. The molecule has 0 aliphatic carbocycles. The van der Waals surface area contributed by atoms with E-state index in [9.17, 15) is 4.79 Å². The number of anilines is 1. The average molecular weight is 282 g/mol. The molecule has 21 heavy (non-hydrogen) atoms. The van der Waals surface area contributed by atoms with Gasteiger partial charge in [0.25, 0.3) is 5.91 Å². The van der Waals surface area contributed by atoms with Gasteiger partial charge in [-0.05, 0) is 29.7 Å². The van der Waals surface area contributed by atoms with Crippen LogP contribution < -0.4 is 11.1 Å². The first kappa shape index (κ1) is 13.6. The molecule has 2 aromatic rings. The van der Waals surface area contributed by atoms with E-state index in [0.717, 1.165) is 12.0 Å². The monoisotopic (exact) mass is 282 g/mol. The minimum absolute atomic E-state index is 0.0937. The zero-order valence-corrected chi connectivity index (χ0v) is 11.7. The van der Waals surface area contributed by atoms with Gasteiger partial charge in [-0.1, -0.05) is 36.4 Å². The lowest BCUT2D eigenvalue weighted by Gasteiger charge is -2.26. The Morgan fingerprint density at radius 3 is 2.81 bits per heavy atom. The predicted molar refractivity (Wildman–Crippen MR) is 82.0 cm³/mol. The van der Waals surface area contributed by atoms with Gasteiger partial charge in [-0.25, -0.2) is 0 Å². The molecule has 0 fully saturated rings. The molecule has 0 saturated carbocycles. The summed E-state index contributed by atoms with van der Waals surface area (Å²) in [6, 6.07) is 15.3. The van der Waals surface area contributed by atoms with Gasteiger partial charge in [0.1, 0.15) is 6.10 Å². The second kappa shape index (κ2) is 5.97. The maximum atomic E-state index is 12.2. The van der Waals surface area contributed by atoms with E-state index in [-0.39, 0.29) is 12.0 Å². The number of nitrogens with one attached hydrogen (secondary N) is 1. The van der Waals surface area contributed by atoms with Crippen LogP contribution in [0.25, 0.3) is 0 Å². The largest absolute Gasteiger partial charge is 0.398 e. The number of hydrogen-bond donors (Lipinski definition) is 2. The summed E-state index contributed by atoms with van der Waals surface area (Å²) in [4.78, 5) is 12.2. The summed E-state index contributed by atoms with van der Waals surface area (Å²) < 4.78 is 5.77. The van der Waals surface area contributed by atoms with Crippen molar-refractivity contribution < 1.29 is 9.53 Å². The van der Waals surface area contributed by atoms with Crippen molar-refractivity contribution in [1.29, 1.82) is 0 Å². The van der Waals surface area contributed by atoms with Gasteiger partial charge >= 0.3 is 0 Å². The molecule has 2 aromatic carbocycles. The molecule has 4 nitrogen and oxygen atoms in total. The first-order chi connectivity index (χ1) is 10.3. The summed E-state index contributed by atoms with van der Waals surface area (Å²) >= 11 is 0. The van der Waals surface area contributed by atoms with E-state index in [4.69, 9.17) is 10.5 Å². The number of ether oxygens (including phenoxy) is 1. The Kier molecular flexibility index (Phi) is 3.88. The van der Waals surface area contributed by atoms with Crippen molar-refractivity contribution in [2.45, 2.75) is 12.5 Å². The van der Waals surface area contributed by atoms with Crippen molar-refractivity contribution in [3.63, 3.8) is 0 Å². The van der Waals surface area contributed by atoms with Crippen LogP contribution in [0.3, 0.4) is 0 Å². The lowest BCUT2D eigenvalue weighted by molar-refractivity contribution is 0.0411. The van der Waals surface area contributed by atoms with Gasteiger partial charge in [0.05, 0.1) is 12.2 Å². The van der Waals surface area contributed by atoms with Crippen LogP contribution in [0.15, 0.2) is 48.5 Å². The van der Waals surface area contributed by atoms with Gasteiger partial charge in [0.2, 0.25) is 0 Å². The number of amides is 1. The van der Waals surface area contributed by atoms with E-state index in [1.54, 1.807) is 18.2 Å². The van der Waals surface area contributed by atoms with Gasteiger partial charge in [0.15, 0.2) is 0 Å². The van der Waals surface area contributed by atoms with Crippen LogP contribution >= 0.6 is 0 Å². The molecule has 0 radical (unpaired) electrons. The summed E-state index contributed by atoms with van der Waals surface area (Å²) in [6.45, 7) is 1.13. The molecule has 4 heteroatoms. The van der Waals surface area contributed by atoms with E-state index < -0.39 is 0 Å². The summed E-state index contributed by atoms with van der Waals surface area (Å²) in [5.74, 6) is -0.167. The zero-order valence-electron chi connectivity index (χ0n) is 11.7. The summed E-state index contributed by atoms with van der Waals surface area (Å²) in [7, 11) is 0. The third-order valence-electron chi connectivity index (χ3n) is 3.75. The summed E-state index contributed by atoms with van der Waals surface area (Å²) in [5, 5.41) is 2.91. The molecule has 108 valence electrons. The highest BCUT2D eigenvalue weighted by Gasteiger charge is 2.21. The van der Waals surface area contributed by atoms with E-state index >= 15 is 0 Å². The number of nitrogens with two attached hydrogens (primary N) is 1. The second-order valence-electron chi connectivity index (χ2n) is 5.11. The van der Waals surface area contributed by atoms with Crippen LogP contribution in [-0.2, 0) is 11.2 Å². The van der Waals surface area contributed by atoms with Crippen LogP contribution in [0.5, 0.6) is 0 Å². The normalized spacial score (nSPS) is 17.0. The zero-order chi connectivity index (χ0) is 14.7. The number of carbonyl (C=O) groups excluding carboxylic acids is 1. The van der Waals surface area contributed by atoms with E-state index in [1.165, 1.54) is 5.56 Å². The standard InChI is InChI=1S/C17H18N2O2/c18-15-8-4-3-7-14(15)17(20)19-11-16-13-6-2-1-5-12(13)9-10-21-16/h1-8,16H,9-11,18H2,(H,19,20)/t16-/m0/s1. The average Bonchev–Trinajstić information content (AvgIpc) is 2.53. The molecule has 3 N–H and O–H groups in total. The van der Waals surface area contributed by atoms with Gasteiger partial charge in [0, 0.05) is 12.2 Å². The van der Waals surface area contributed by atoms with Gasteiger partial charge in [-0.15, -0.1) is 0 Å². The van der Waals surface area contributed by atoms with Crippen molar-refractivity contribution in [2.75, 3.05) is 18.9 Å². The van der Waals surface area contributed by atoms with Crippen molar-refractivity contribution >= 4 is 11.6 Å². The summed E-state index contributed by atoms with van der Waals surface area (Å²) in [5.41, 5.74) is 9.25. The summed E-state index contributed by atoms with van der Waals surface area (Å²) in [6.07, 6.45) is 0.829. The molecule has 0 bridgehead atoms. The van der Waals surface area contributed by atoms with Crippen LogP contribution in [0.1, 0.15) is 27.6 Å². The Labute approximate surface area is 123 Å². The van der Waals surface area contributed by atoms with E-state index in [1.807, 2.05) is 18.2 Å². The van der Waals surface area contributed by atoms with Gasteiger partial charge in [-0.3, -0.25) is 4.79 Å². The van der Waals surface area contributed by atoms with Crippen molar-refractivity contribution in [3.8, 4) is 0 Å². The number of benzene rings is 2. The Bertz CT molecular complexity index is 655. The fourth-order valence-corrected chi connectivity index (χ4v) is 2.63. The lowest BCUT2D eigenvalue weighted by Crippen LogP contribution is -2.32. The molecule has 0 saturated heterocycles. The fourth-order valence-electron chi connectivity index (χ4n) is 2.63. The molecule has 0 unspecified atom stereocenters. The number of carbonyl (C=O) groups is 1. The molecule has 0 aromatic heterocycles. The Hall–Kier alpha value is -2.33. The van der Waals surface area contributed by atoms with Gasteiger partial charge < -0.3 is 15.8 Å². The molecular weight excluding hydrogens is 264 g/mol. The molecule has 1 amide bonds.